The number of hydrogen-bond acceptors (Lipinski definition) is 2. The zero-order chi connectivity index (χ0) is 14.4. The molecule has 0 fully saturated rings. The van der Waals surface area contributed by atoms with Gasteiger partial charge < -0.3 is 9.73 Å². The average Bonchev–Trinajstić information content (AvgIpc) is 2.92. The molecule has 0 saturated carbocycles. The summed E-state index contributed by atoms with van der Waals surface area (Å²) in [5.41, 5.74) is 3.08. The first-order valence-electron chi connectivity index (χ1n) is 7.10. The van der Waals surface area contributed by atoms with Crippen molar-refractivity contribution in [2.75, 3.05) is 0 Å². The average molecular weight is 271 g/mol. The van der Waals surface area contributed by atoms with E-state index in [4.69, 9.17) is 4.42 Å². The van der Waals surface area contributed by atoms with E-state index in [1.807, 2.05) is 37.3 Å². The molecule has 20 heavy (non-hydrogen) atoms. The molecular formula is C17H21NO2. The number of carbonyl (C=O) groups excluding carboxylic acids is 1. The van der Waals surface area contributed by atoms with Gasteiger partial charge in [-0.1, -0.05) is 25.5 Å². The first kappa shape index (κ1) is 14.4. The molecule has 0 saturated heterocycles. The van der Waals surface area contributed by atoms with Crippen LogP contribution in [-0.2, 0) is 12.8 Å². The van der Waals surface area contributed by atoms with Crippen molar-refractivity contribution in [3.8, 4) is 0 Å². The number of hydrogen-bond donors (Lipinski definition) is 1. The molecule has 0 aliphatic carbocycles. The highest BCUT2D eigenvalue weighted by Crippen LogP contribution is 2.08. The zero-order valence-corrected chi connectivity index (χ0v) is 12.1. The highest BCUT2D eigenvalue weighted by Gasteiger charge is 2.10. The first-order valence-corrected chi connectivity index (χ1v) is 7.10. The zero-order valence-electron chi connectivity index (χ0n) is 12.1. The predicted octanol–water partition coefficient (Wildman–Crippen LogP) is 3.59. The lowest BCUT2D eigenvalue weighted by Gasteiger charge is -2.13. The van der Waals surface area contributed by atoms with Gasteiger partial charge in [0, 0.05) is 11.6 Å². The van der Waals surface area contributed by atoms with E-state index in [9.17, 15) is 4.79 Å². The minimum absolute atomic E-state index is 0.0240. The summed E-state index contributed by atoms with van der Waals surface area (Å²) in [6, 6.07) is 9.84. The summed E-state index contributed by atoms with van der Waals surface area (Å²) in [6.07, 6.45) is 6.31. The minimum Gasteiger partial charge on any atom is -0.472 e. The molecule has 1 aromatic carbocycles. The van der Waals surface area contributed by atoms with Gasteiger partial charge in [-0.2, -0.15) is 0 Å². The van der Waals surface area contributed by atoms with Crippen LogP contribution in [0.4, 0.5) is 0 Å². The number of aryl methyl sites for hydroxylation is 1. The van der Waals surface area contributed by atoms with E-state index < -0.39 is 0 Å². The maximum absolute atomic E-state index is 12.1. The lowest BCUT2D eigenvalue weighted by Crippen LogP contribution is -2.33. The Kier molecular flexibility index (Phi) is 4.99. The second kappa shape index (κ2) is 6.94. The Bertz CT molecular complexity index is 529. The molecule has 106 valence electrons. The molecule has 1 amide bonds. The molecule has 0 bridgehead atoms. The second-order valence-corrected chi connectivity index (χ2v) is 5.16. The molecule has 1 N–H and O–H groups in total. The quantitative estimate of drug-likeness (QED) is 0.872. The van der Waals surface area contributed by atoms with Crippen molar-refractivity contribution in [3.63, 3.8) is 0 Å². The highest BCUT2D eigenvalue weighted by atomic mass is 16.3. The highest BCUT2D eigenvalue weighted by molar-refractivity contribution is 5.94. The lowest BCUT2D eigenvalue weighted by molar-refractivity contribution is 0.0940. The van der Waals surface area contributed by atoms with Crippen LogP contribution in [0.2, 0.25) is 0 Å². The summed E-state index contributed by atoms with van der Waals surface area (Å²) in [5, 5.41) is 3.01. The Balaban J connectivity index is 1.90. The van der Waals surface area contributed by atoms with Crippen molar-refractivity contribution >= 4 is 5.91 Å². The third kappa shape index (κ3) is 3.98. The number of rotatable bonds is 6. The fourth-order valence-corrected chi connectivity index (χ4v) is 2.23. The SMILES string of the molecule is CCCc1ccc(C(=O)NC(C)Cc2ccoc2)cc1. The number of furan rings is 1. The summed E-state index contributed by atoms with van der Waals surface area (Å²) in [4.78, 5) is 12.1. The van der Waals surface area contributed by atoms with Crippen LogP contribution in [0.5, 0.6) is 0 Å². The fourth-order valence-electron chi connectivity index (χ4n) is 2.23. The molecule has 3 heteroatoms. The molecule has 3 nitrogen and oxygen atoms in total. The third-order valence-electron chi connectivity index (χ3n) is 3.25. The molecule has 1 aromatic heterocycles. The monoisotopic (exact) mass is 271 g/mol. The molecule has 0 spiro atoms. The van der Waals surface area contributed by atoms with Crippen LogP contribution in [-0.4, -0.2) is 11.9 Å². The van der Waals surface area contributed by atoms with E-state index in [0.717, 1.165) is 24.8 Å². The van der Waals surface area contributed by atoms with Crippen molar-refractivity contribution in [1.29, 1.82) is 0 Å². The fraction of sp³-hybridized carbons (Fsp3) is 0.353. The van der Waals surface area contributed by atoms with Crippen molar-refractivity contribution in [3.05, 3.63) is 59.5 Å². The van der Waals surface area contributed by atoms with Gasteiger partial charge in [0.1, 0.15) is 0 Å². The van der Waals surface area contributed by atoms with Crippen LogP contribution < -0.4 is 5.32 Å². The number of benzene rings is 1. The van der Waals surface area contributed by atoms with Gasteiger partial charge in [-0.05, 0) is 49.1 Å². The van der Waals surface area contributed by atoms with Gasteiger partial charge in [-0.3, -0.25) is 4.79 Å². The molecule has 1 atom stereocenters. The summed E-state index contributed by atoms with van der Waals surface area (Å²) in [6.45, 7) is 4.15. The van der Waals surface area contributed by atoms with Gasteiger partial charge in [0.25, 0.3) is 5.91 Å². The van der Waals surface area contributed by atoms with Crippen LogP contribution in [0.15, 0.2) is 47.3 Å². The Morgan fingerprint density at radius 3 is 2.55 bits per heavy atom. The second-order valence-electron chi connectivity index (χ2n) is 5.16. The maximum atomic E-state index is 12.1. The molecule has 0 radical (unpaired) electrons. The van der Waals surface area contributed by atoms with Crippen molar-refractivity contribution in [2.24, 2.45) is 0 Å². The van der Waals surface area contributed by atoms with Crippen LogP contribution in [0.3, 0.4) is 0 Å². The molecular weight excluding hydrogens is 250 g/mol. The lowest BCUT2D eigenvalue weighted by atomic mass is 10.1. The van der Waals surface area contributed by atoms with Gasteiger partial charge in [-0.25, -0.2) is 0 Å². The van der Waals surface area contributed by atoms with Gasteiger partial charge in [0.2, 0.25) is 0 Å². The molecule has 0 aliphatic heterocycles. The predicted molar refractivity (Wildman–Crippen MR) is 79.8 cm³/mol. The van der Waals surface area contributed by atoms with E-state index >= 15 is 0 Å². The summed E-state index contributed by atoms with van der Waals surface area (Å²) in [7, 11) is 0. The molecule has 1 heterocycles. The summed E-state index contributed by atoms with van der Waals surface area (Å²) < 4.78 is 5.03. The standard InChI is InChI=1S/C17H21NO2/c1-3-4-14-5-7-16(8-6-14)17(19)18-13(2)11-15-9-10-20-12-15/h5-10,12-13H,3-4,11H2,1-2H3,(H,18,19). The normalized spacial score (nSPS) is 12.1. The topological polar surface area (TPSA) is 42.2 Å². The van der Waals surface area contributed by atoms with Gasteiger partial charge in [-0.15, -0.1) is 0 Å². The third-order valence-corrected chi connectivity index (χ3v) is 3.25. The van der Waals surface area contributed by atoms with Gasteiger partial charge in [0.15, 0.2) is 0 Å². The van der Waals surface area contributed by atoms with Crippen LogP contribution in [0.25, 0.3) is 0 Å². The maximum Gasteiger partial charge on any atom is 0.251 e. The van der Waals surface area contributed by atoms with E-state index in [2.05, 4.69) is 12.2 Å². The van der Waals surface area contributed by atoms with Crippen molar-refractivity contribution in [1.82, 2.24) is 5.32 Å². The van der Waals surface area contributed by atoms with E-state index in [-0.39, 0.29) is 11.9 Å². The van der Waals surface area contributed by atoms with E-state index in [1.54, 1.807) is 12.5 Å². The number of carbonyl (C=O) groups is 1. The van der Waals surface area contributed by atoms with Gasteiger partial charge in [0.05, 0.1) is 12.5 Å². The molecule has 2 aromatic rings. The Labute approximate surface area is 120 Å². The summed E-state index contributed by atoms with van der Waals surface area (Å²) >= 11 is 0. The smallest absolute Gasteiger partial charge is 0.251 e. The Morgan fingerprint density at radius 1 is 1.20 bits per heavy atom. The van der Waals surface area contributed by atoms with Gasteiger partial charge >= 0.3 is 0 Å². The van der Waals surface area contributed by atoms with Crippen molar-refractivity contribution < 1.29 is 9.21 Å². The van der Waals surface area contributed by atoms with E-state index in [0.29, 0.717) is 5.56 Å². The first-order chi connectivity index (χ1) is 9.69. The van der Waals surface area contributed by atoms with Crippen LogP contribution >= 0.6 is 0 Å². The Hall–Kier alpha value is -2.03. The molecule has 1 unspecified atom stereocenters. The number of amides is 1. The molecule has 0 aliphatic rings. The van der Waals surface area contributed by atoms with Crippen LogP contribution in [0, 0.1) is 0 Å². The van der Waals surface area contributed by atoms with Crippen LogP contribution in [0.1, 0.15) is 41.8 Å². The van der Waals surface area contributed by atoms with Crippen molar-refractivity contribution in [2.45, 2.75) is 39.2 Å². The minimum atomic E-state index is -0.0240. The summed E-state index contributed by atoms with van der Waals surface area (Å²) in [5.74, 6) is -0.0240. The largest absolute Gasteiger partial charge is 0.472 e. The molecule has 2 rings (SSSR count). The Morgan fingerprint density at radius 2 is 1.95 bits per heavy atom. The van der Waals surface area contributed by atoms with E-state index in [1.165, 1.54) is 5.56 Å². The number of nitrogens with one attached hydrogen (secondary N) is 1.